The fourth-order valence-corrected chi connectivity index (χ4v) is 4.21. The number of likely N-dealkylation sites (tertiary alicyclic amines) is 1. The van der Waals surface area contributed by atoms with Crippen LogP contribution in [0.3, 0.4) is 0 Å². The van der Waals surface area contributed by atoms with Gasteiger partial charge in [-0.25, -0.2) is 4.98 Å². The van der Waals surface area contributed by atoms with E-state index in [1.807, 2.05) is 4.90 Å². The van der Waals surface area contributed by atoms with Gasteiger partial charge in [0.1, 0.15) is 5.69 Å². The van der Waals surface area contributed by atoms with Crippen LogP contribution in [0.25, 0.3) is 0 Å². The van der Waals surface area contributed by atoms with Crippen molar-refractivity contribution in [2.45, 2.75) is 64.3 Å². The van der Waals surface area contributed by atoms with Crippen LogP contribution in [-0.4, -0.2) is 51.8 Å². The fraction of sp³-hybridized carbons (Fsp3) is 0.765. The molecular weight excluding hydrogens is 326 g/mol. The maximum atomic E-state index is 12.5. The number of ether oxygens (including phenoxy) is 1. The number of aliphatic hydroxyl groups excluding tert-OH is 1. The molecule has 3 N–H and O–H groups in total. The van der Waals surface area contributed by atoms with Crippen LogP contribution in [0.2, 0.25) is 0 Å². The van der Waals surface area contributed by atoms with E-state index in [9.17, 15) is 9.90 Å². The molecule has 3 heterocycles. The van der Waals surface area contributed by atoms with Crippen molar-refractivity contribution in [1.29, 1.82) is 0 Å². The Morgan fingerprint density at radius 3 is 2.67 bits per heavy atom. The van der Waals surface area contributed by atoms with Crippen LogP contribution in [0.15, 0.2) is 5.38 Å². The average Bonchev–Trinajstić information content (AvgIpc) is 2.92. The molecule has 2 aliphatic rings. The molecule has 1 spiro atoms. The second kappa shape index (κ2) is 6.28. The van der Waals surface area contributed by atoms with E-state index in [1.54, 1.807) is 5.38 Å². The Morgan fingerprint density at radius 1 is 1.46 bits per heavy atom. The number of rotatable bonds is 1. The minimum Gasteiger partial charge on any atom is -0.393 e. The first-order valence-corrected chi connectivity index (χ1v) is 9.43. The van der Waals surface area contributed by atoms with Gasteiger partial charge in [0.15, 0.2) is 5.13 Å². The lowest BCUT2D eigenvalue weighted by molar-refractivity contribution is -0.205. The van der Waals surface area contributed by atoms with Crippen LogP contribution in [0, 0.1) is 5.41 Å². The van der Waals surface area contributed by atoms with Crippen LogP contribution in [-0.2, 0) is 4.74 Å². The number of carbonyl (C=O) groups excluding carboxylic acids is 1. The van der Waals surface area contributed by atoms with Gasteiger partial charge in [-0.05, 0) is 18.3 Å². The zero-order valence-electron chi connectivity index (χ0n) is 14.6. The first-order valence-electron chi connectivity index (χ1n) is 8.55. The maximum absolute atomic E-state index is 12.5. The number of thiazole rings is 1. The van der Waals surface area contributed by atoms with Crippen LogP contribution < -0.4 is 5.73 Å². The average molecular weight is 353 g/mol. The van der Waals surface area contributed by atoms with Crippen LogP contribution in [0.4, 0.5) is 5.13 Å². The SMILES string of the molecule is CC(C)(C)[C@H]1C[C@@H](O)CC2(CCN(C(=O)c3csc(N)n3)CC2)O1. The monoisotopic (exact) mass is 353 g/mol. The number of nitrogens with zero attached hydrogens (tertiary/aromatic N) is 2. The van der Waals surface area contributed by atoms with E-state index in [0.29, 0.717) is 36.8 Å². The number of amides is 1. The Morgan fingerprint density at radius 2 is 2.12 bits per heavy atom. The summed E-state index contributed by atoms with van der Waals surface area (Å²) >= 11 is 1.28. The molecule has 3 rings (SSSR count). The number of aliphatic hydroxyl groups is 1. The molecule has 2 saturated heterocycles. The van der Waals surface area contributed by atoms with Crippen molar-refractivity contribution in [2.24, 2.45) is 5.41 Å². The summed E-state index contributed by atoms with van der Waals surface area (Å²) in [5.41, 5.74) is 5.73. The molecule has 2 fully saturated rings. The summed E-state index contributed by atoms with van der Waals surface area (Å²) in [6.07, 6.45) is 2.56. The smallest absolute Gasteiger partial charge is 0.273 e. The van der Waals surface area contributed by atoms with Gasteiger partial charge < -0.3 is 20.5 Å². The third-order valence-electron chi connectivity index (χ3n) is 5.15. The molecule has 7 heteroatoms. The summed E-state index contributed by atoms with van der Waals surface area (Å²) < 4.78 is 6.46. The molecule has 1 aromatic heterocycles. The molecule has 1 amide bonds. The Hall–Kier alpha value is -1.18. The summed E-state index contributed by atoms with van der Waals surface area (Å²) in [6, 6.07) is 0. The predicted molar refractivity (Wildman–Crippen MR) is 94.0 cm³/mol. The predicted octanol–water partition coefficient (Wildman–Crippen LogP) is 2.29. The van der Waals surface area contributed by atoms with Crippen molar-refractivity contribution in [3.63, 3.8) is 0 Å². The Balaban J connectivity index is 1.66. The minimum atomic E-state index is -0.330. The lowest BCUT2D eigenvalue weighted by Gasteiger charge is -2.50. The molecule has 2 atom stereocenters. The Kier molecular flexibility index (Phi) is 4.61. The second-order valence-corrected chi connectivity index (χ2v) is 9.00. The zero-order chi connectivity index (χ0) is 17.5. The van der Waals surface area contributed by atoms with Crippen LogP contribution >= 0.6 is 11.3 Å². The molecule has 0 saturated carbocycles. The molecule has 0 aliphatic carbocycles. The van der Waals surface area contributed by atoms with E-state index in [1.165, 1.54) is 11.3 Å². The lowest BCUT2D eigenvalue weighted by Crippen LogP contribution is -2.55. The maximum Gasteiger partial charge on any atom is 0.273 e. The van der Waals surface area contributed by atoms with Gasteiger partial charge in [-0.3, -0.25) is 4.79 Å². The van der Waals surface area contributed by atoms with Gasteiger partial charge in [0.05, 0.1) is 17.8 Å². The topological polar surface area (TPSA) is 88.7 Å². The highest BCUT2D eigenvalue weighted by molar-refractivity contribution is 7.13. The number of nitrogen functional groups attached to an aromatic ring is 1. The van der Waals surface area contributed by atoms with Gasteiger partial charge in [-0.1, -0.05) is 20.8 Å². The van der Waals surface area contributed by atoms with Gasteiger partial charge in [-0.15, -0.1) is 11.3 Å². The second-order valence-electron chi connectivity index (χ2n) is 8.11. The quantitative estimate of drug-likeness (QED) is 0.809. The molecule has 0 unspecified atom stereocenters. The van der Waals surface area contributed by atoms with E-state index in [-0.39, 0.29) is 29.1 Å². The first-order chi connectivity index (χ1) is 11.2. The largest absolute Gasteiger partial charge is 0.393 e. The normalized spacial score (nSPS) is 27.4. The highest BCUT2D eigenvalue weighted by atomic mass is 32.1. The fourth-order valence-electron chi connectivity index (χ4n) is 3.68. The van der Waals surface area contributed by atoms with Crippen LogP contribution in [0.5, 0.6) is 0 Å². The summed E-state index contributed by atoms with van der Waals surface area (Å²) in [6.45, 7) is 7.69. The van der Waals surface area contributed by atoms with Crippen molar-refractivity contribution >= 4 is 22.4 Å². The molecule has 24 heavy (non-hydrogen) atoms. The van der Waals surface area contributed by atoms with Crippen molar-refractivity contribution < 1.29 is 14.6 Å². The Labute approximate surface area is 147 Å². The number of piperidine rings is 1. The third kappa shape index (κ3) is 3.58. The van der Waals surface area contributed by atoms with E-state index >= 15 is 0 Å². The summed E-state index contributed by atoms with van der Waals surface area (Å²) in [7, 11) is 0. The van der Waals surface area contributed by atoms with Crippen molar-refractivity contribution in [2.75, 3.05) is 18.8 Å². The van der Waals surface area contributed by atoms with Crippen LogP contribution in [0.1, 0.15) is 56.9 Å². The Bertz CT molecular complexity index is 602. The number of hydrogen-bond acceptors (Lipinski definition) is 6. The number of nitrogens with two attached hydrogens (primary N) is 1. The number of aromatic nitrogens is 1. The minimum absolute atomic E-state index is 0.000518. The highest BCUT2D eigenvalue weighted by Gasteiger charge is 2.46. The zero-order valence-corrected chi connectivity index (χ0v) is 15.4. The lowest BCUT2D eigenvalue weighted by atomic mass is 9.76. The molecule has 1 aromatic rings. The van der Waals surface area contributed by atoms with Gasteiger partial charge in [0.25, 0.3) is 5.91 Å². The highest BCUT2D eigenvalue weighted by Crippen LogP contribution is 2.42. The van der Waals surface area contributed by atoms with E-state index in [4.69, 9.17) is 10.5 Å². The van der Waals surface area contributed by atoms with Gasteiger partial charge >= 0.3 is 0 Å². The summed E-state index contributed by atoms with van der Waals surface area (Å²) in [5, 5.41) is 12.5. The number of hydrogen-bond donors (Lipinski definition) is 2. The molecule has 2 aliphatic heterocycles. The molecular formula is C17H27N3O3S. The molecule has 134 valence electrons. The van der Waals surface area contributed by atoms with E-state index in [0.717, 1.165) is 12.8 Å². The standard InChI is InChI=1S/C17H27N3O3S/c1-16(2,3)13-8-11(21)9-17(23-13)4-6-20(7-5-17)14(22)12-10-24-15(18)19-12/h10-11,13,21H,4-9H2,1-3H3,(H2,18,19)/t11-,13-/m1/s1. The molecule has 6 nitrogen and oxygen atoms in total. The van der Waals surface area contributed by atoms with Crippen molar-refractivity contribution in [3.8, 4) is 0 Å². The van der Waals surface area contributed by atoms with Gasteiger partial charge in [0.2, 0.25) is 0 Å². The third-order valence-corrected chi connectivity index (χ3v) is 5.83. The van der Waals surface area contributed by atoms with E-state index in [2.05, 4.69) is 25.8 Å². The van der Waals surface area contributed by atoms with Crippen molar-refractivity contribution in [3.05, 3.63) is 11.1 Å². The number of anilines is 1. The summed E-state index contributed by atoms with van der Waals surface area (Å²) in [4.78, 5) is 18.4. The molecule has 0 radical (unpaired) electrons. The van der Waals surface area contributed by atoms with Gasteiger partial charge in [0, 0.05) is 31.3 Å². The van der Waals surface area contributed by atoms with Crippen molar-refractivity contribution in [1.82, 2.24) is 9.88 Å². The van der Waals surface area contributed by atoms with E-state index < -0.39 is 0 Å². The number of carbonyl (C=O) groups is 1. The molecule has 0 bridgehead atoms. The first kappa shape index (κ1) is 17.6. The van der Waals surface area contributed by atoms with Gasteiger partial charge in [-0.2, -0.15) is 0 Å². The molecule has 0 aromatic carbocycles. The summed E-state index contributed by atoms with van der Waals surface area (Å²) in [5.74, 6) is -0.0680.